The number of ether oxygens (including phenoxy) is 3. The van der Waals surface area contributed by atoms with Crippen LogP contribution in [0.25, 0.3) is 0 Å². The van der Waals surface area contributed by atoms with Crippen LogP contribution in [-0.2, 0) is 19.7 Å². The molecule has 1 heterocycles. The predicted molar refractivity (Wildman–Crippen MR) is 107 cm³/mol. The maximum absolute atomic E-state index is 14.4. The van der Waals surface area contributed by atoms with E-state index >= 15 is 0 Å². The number of amides is 1. The summed E-state index contributed by atoms with van der Waals surface area (Å²) in [6, 6.07) is 13.6. The number of fused-ring (bicyclic) bond motifs is 1. The number of rotatable bonds is 6. The van der Waals surface area contributed by atoms with Gasteiger partial charge in [0.2, 0.25) is 0 Å². The summed E-state index contributed by atoms with van der Waals surface area (Å²) in [4.78, 5) is 25.1. The van der Waals surface area contributed by atoms with Crippen molar-refractivity contribution in [1.29, 1.82) is 0 Å². The largest absolute Gasteiger partial charge is 0.486 e. The average molecular weight is 413 g/mol. The maximum atomic E-state index is 14.4. The highest BCUT2D eigenvalue weighted by molar-refractivity contribution is 5.86. The number of carbonyl (C=O) groups excluding carboxylic acids is 2. The van der Waals surface area contributed by atoms with E-state index in [1.807, 2.05) is 18.2 Å². The minimum absolute atomic E-state index is 0.225. The minimum Gasteiger partial charge on any atom is -0.486 e. The van der Waals surface area contributed by atoms with Gasteiger partial charge in [-0.1, -0.05) is 43.2 Å². The number of halogens is 1. The maximum Gasteiger partial charge on any atom is 0.317 e. The molecular weight excluding hydrogens is 389 g/mol. The van der Waals surface area contributed by atoms with Crippen molar-refractivity contribution in [2.75, 3.05) is 19.8 Å². The van der Waals surface area contributed by atoms with Crippen LogP contribution in [0.3, 0.4) is 0 Å². The van der Waals surface area contributed by atoms with Gasteiger partial charge in [0.25, 0.3) is 5.91 Å². The molecule has 1 N–H and O–H groups in total. The van der Waals surface area contributed by atoms with Gasteiger partial charge in [-0.05, 0) is 31.0 Å². The monoisotopic (exact) mass is 413 g/mol. The Morgan fingerprint density at radius 3 is 2.53 bits per heavy atom. The molecule has 1 fully saturated rings. The summed E-state index contributed by atoms with van der Waals surface area (Å²) in [5.74, 6) is -0.110. The van der Waals surface area contributed by atoms with Gasteiger partial charge < -0.3 is 19.5 Å². The lowest BCUT2D eigenvalue weighted by molar-refractivity contribution is -0.154. The first-order chi connectivity index (χ1) is 14.6. The summed E-state index contributed by atoms with van der Waals surface area (Å²) in [5.41, 5.74) is -0.672. The van der Waals surface area contributed by atoms with Crippen molar-refractivity contribution in [3.05, 3.63) is 59.9 Å². The first kappa shape index (κ1) is 20.2. The number of carbonyl (C=O) groups is 2. The molecule has 2 aromatic rings. The van der Waals surface area contributed by atoms with Crippen molar-refractivity contribution in [2.24, 2.45) is 0 Å². The summed E-state index contributed by atoms with van der Waals surface area (Å²) in [6.07, 6.45) is 2.33. The van der Waals surface area contributed by atoms with E-state index in [1.54, 1.807) is 24.3 Å². The molecule has 0 aromatic heterocycles. The van der Waals surface area contributed by atoms with Crippen molar-refractivity contribution in [2.45, 2.75) is 37.2 Å². The number of nitrogens with one attached hydrogen (secondary N) is 1. The molecule has 1 saturated carbocycles. The van der Waals surface area contributed by atoms with Gasteiger partial charge in [0.05, 0.1) is 12.0 Å². The molecule has 1 aliphatic heterocycles. The van der Waals surface area contributed by atoms with E-state index in [4.69, 9.17) is 14.2 Å². The zero-order valence-corrected chi connectivity index (χ0v) is 16.6. The van der Waals surface area contributed by atoms with Crippen LogP contribution in [0.5, 0.6) is 11.5 Å². The lowest BCUT2D eigenvalue weighted by Crippen LogP contribution is -2.43. The van der Waals surface area contributed by atoms with Crippen molar-refractivity contribution in [3.8, 4) is 11.5 Å². The Morgan fingerprint density at radius 1 is 1.07 bits per heavy atom. The van der Waals surface area contributed by atoms with Gasteiger partial charge in [-0.2, -0.15) is 0 Å². The first-order valence-corrected chi connectivity index (χ1v) is 10.2. The van der Waals surface area contributed by atoms with Crippen molar-refractivity contribution < 1.29 is 28.2 Å². The standard InChI is InChI=1S/C23H24FNO5/c24-18-8-2-1-7-17(18)23(11-5-6-12-23)22(27)29-15-21(26)25-13-16-14-28-19-9-3-4-10-20(19)30-16/h1-4,7-10,16H,5-6,11-15H2,(H,25,26)/t16-/m1/s1. The molecule has 0 bridgehead atoms. The molecular formula is C23H24FNO5. The Morgan fingerprint density at radius 2 is 1.77 bits per heavy atom. The molecule has 1 aliphatic carbocycles. The number of hydrogen-bond acceptors (Lipinski definition) is 5. The quantitative estimate of drug-likeness (QED) is 0.737. The Bertz CT molecular complexity index is 925. The fraction of sp³-hybridized carbons (Fsp3) is 0.391. The fourth-order valence-electron chi connectivity index (χ4n) is 4.12. The van der Waals surface area contributed by atoms with Crippen LogP contribution in [0, 0.1) is 5.82 Å². The molecule has 6 nitrogen and oxygen atoms in total. The fourth-order valence-corrected chi connectivity index (χ4v) is 4.12. The van der Waals surface area contributed by atoms with Gasteiger partial charge in [-0.25, -0.2) is 4.39 Å². The van der Waals surface area contributed by atoms with Gasteiger partial charge in [0.15, 0.2) is 18.1 Å². The lowest BCUT2D eigenvalue weighted by Gasteiger charge is -2.28. The van der Waals surface area contributed by atoms with Crippen molar-refractivity contribution in [3.63, 3.8) is 0 Å². The highest BCUT2D eigenvalue weighted by Crippen LogP contribution is 2.43. The second-order valence-electron chi connectivity index (χ2n) is 7.65. The topological polar surface area (TPSA) is 73.9 Å². The van der Waals surface area contributed by atoms with E-state index in [2.05, 4.69) is 5.32 Å². The molecule has 1 amide bonds. The summed E-state index contributed by atoms with van der Waals surface area (Å²) in [5, 5.41) is 2.70. The SMILES string of the molecule is O=C(COC(=O)C1(c2ccccc2F)CCCC1)NC[C@@H]1COc2ccccc2O1. The predicted octanol–water partition coefficient (Wildman–Crippen LogP) is 3.14. The summed E-state index contributed by atoms with van der Waals surface area (Å²) in [7, 11) is 0. The van der Waals surface area contributed by atoms with Crippen LogP contribution < -0.4 is 14.8 Å². The minimum atomic E-state index is -1.02. The zero-order chi connectivity index (χ0) is 21.0. The van der Waals surface area contributed by atoms with Crippen molar-refractivity contribution >= 4 is 11.9 Å². The van der Waals surface area contributed by atoms with Crippen LogP contribution >= 0.6 is 0 Å². The first-order valence-electron chi connectivity index (χ1n) is 10.2. The molecule has 0 spiro atoms. The molecule has 0 radical (unpaired) electrons. The molecule has 4 rings (SSSR count). The van der Waals surface area contributed by atoms with Gasteiger partial charge >= 0.3 is 5.97 Å². The summed E-state index contributed by atoms with van der Waals surface area (Å²) in [6.45, 7) is 0.121. The second kappa shape index (κ2) is 8.73. The molecule has 0 saturated heterocycles. The van der Waals surface area contributed by atoms with E-state index in [9.17, 15) is 14.0 Å². The number of para-hydroxylation sites is 2. The number of esters is 1. The molecule has 7 heteroatoms. The molecule has 0 unspecified atom stereocenters. The van der Waals surface area contributed by atoms with E-state index in [0.29, 0.717) is 36.5 Å². The Balaban J connectivity index is 1.30. The third-order valence-electron chi connectivity index (χ3n) is 5.67. The number of hydrogen-bond donors (Lipinski definition) is 1. The smallest absolute Gasteiger partial charge is 0.317 e. The third kappa shape index (κ3) is 4.10. The molecule has 30 heavy (non-hydrogen) atoms. The molecule has 1 atom stereocenters. The second-order valence-corrected chi connectivity index (χ2v) is 7.65. The van der Waals surface area contributed by atoms with Gasteiger partial charge in [0.1, 0.15) is 18.5 Å². The van der Waals surface area contributed by atoms with Crippen LogP contribution in [0.2, 0.25) is 0 Å². The Labute approximate surface area is 174 Å². The van der Waals surface area contributed by atoms with E-state index in [1.165, 1.54) is 6.07 Å². The highest BCUT2D eigenvalue weighted by Gasteiger charge is 2.46. The summed E-state index contributed by atoms with van der Waals surface area (Å²) < 4.78 is 31.1. The molecule has 2 aromatic carbocycles. The highest BCUT2D eigenvalue weighted by atomic mass is 19.1. The lowest BCUT2D eigenvalue weighted by atomic mass is 9.78. The van der Waals surface area contributed by atoms with Gasteiger partial charge in [-0.15, -0.1) is 0 Å². The Kier molecular flexibility index (Phi) is 5.88. The molecule has 158 valence electrons. The van der Waals surface area contributed by atoms with Crippen molar-refractivity contribution in [1.82, 2.24) is 5.32 Å². The van der Waals surface area contributed by atoms with Crippen LogP contribution in [0.1, 0.15) is 31.2 Å². The van der Waals surface area contributed by atoms with Crippen LogP contribution in [-0.4, -0.2) is 37.7 Å². The normalized spacial score (nSPS) is 19.2. The van der Waals surface area contributed by atoms with E-state index < -0.39 is 29.7 Å². The average Bonchev–Trinajstić information content (AvgIpc) is 3.27. The summed E-state index contributed by atoms with van der Waals surface area (Å²) >= 11 is 0. The molecule has 2 aliphatic rings. The zero-order valence-electron chi connectivity index (χ0n) is 16.6. The van der Waals surface area contributed by atoms with Crippen LogP contribution in [0.15, 0.2) is 48.5 Å². The van der Waals surface area contributed by atoms with Gasteiger partial charge in [0, 0.05) is 5.56 Å². The number of benzene rings is 2. The van der Waals surface area contributed by atoms with Gasteiger partial charge in [-0.3, -0.25) is 9.59 Å². The third-order valence-corrected chi connectivity index (χ3v) is 5.67. The van der Waals surface area contributed by atoms with Crippen LogP contribution in [0.4, 0.5) is 4.39 Å². The van der Waals surface area contributed by atoms with E-state index in [-0.39, 0.29) is 12.6 Å². The van der Waals surface area contributed by atoms with E-state index in [0.717, 1.165) is 12.8 Å². The Hall–Kier alpha value is -3.09.